The molecule has 0 aromatic heterocycles. The van der Waals surface area contributed by atoms with Gasteiger partial charge >= 0.3 is 0 Å². The summed E-state index contributed by atoms with van der Waals surface area (Å²) in [4.78, 5) is 12.9. The zero-order chi connectivity index (χ0) is 13.9. The molecule has 19 heavy (non-hydrogen) atoms. The van der Waals surface area contributed by atoms with Crippen LogP contribution in [0.5, 0.6) is 0 Å². The van der Waals surface area contributed by atoms with Crippen molar-refractivity contribution >= 4 is 27.8 Å². The van der Waals surface area contributed by atoms with Crippen LogP contribution in [0.3, 0.4) is 0 Å². The van der Waals surface area contributed by atoms with Crippen molar-refractivity contribution in [1.82, 2.24) is 0 Å². The number of nitrogens with zero attached hydrogens (tertiary/aromatic N) is 2. The minimum atomic E-state index is -3.55. The highest BCUT2D eigenvalue weighted by Crippen LogP contribution is 2.29. The van der Waals surface area contributed by atoms with Gasteiger partial charge in [0.2, 0.25) is 0 Å². The van der Waals surface area contributed by atoms with E-state index in [2.05, 4.69) is 4.40 Å². The number of hydrogen-bond donors (Lipinski definition) is 0. The van der Waals surface area contributed by atoms with Crippen LogP contribution in [0.15, 0.2) is 33.6 Å². The first-order valence-corrected chi connectivity index (χ1v) is 7.60. The molecule has 0 unspecified atom stereocenters. The first-order valence-electron chi connectivity index (χ1n) is 6.16. The third-order valence-electron chi connectivity index (χ3n) is 2.96. The lowest BCUT2D eigenvalue weighted by Gasteiger charge is -2.24. The van der Waals surface area contributed by atoms with E-state index in [4.69, 9.17) is 0 Å². The Kier molecular flexibility index (Phi) is 3.99. The molecule has 0 radical (unpaired) electrons. The second-order valence-corrected chi connectivity index (χ2v) is 6.12. The quantitative estimate of drug-likeness (QED) is 0.773. The van der Waals surface area contributed by atoms with Crippen LogP contribution in [-0.4, -0.2) is 27.1 Å². The van der Waals surface area contributed by atoms with Gasteiger partial charge in [-0.2, -0.15) is 8.42 Å². The Hall–Kier alpha value is -1.69. The van der Waals surface area contributed by atoms with Crippen molar-refractivity contribution in [3.8, 4) is 0 Å². The summed E-state index contributed by atoms with van der Waals surface area (Å²) < 4.78 is 27.1. The highest BCUT2D eigenvalue weighted by molar-refractivity contribution is 7.90. The van der Waals surface area contributed by atoms with E-state index >= 15 is 0 Å². The van der Waals surface area contributed by atoms with Gasteiger partial charge in [-0.25, -0.2) is 0 Å². The Bertz CT molecular complexity index is 608. The number of hydrogen-bond acceptors (Lipinski definition) is 4. The normalized spacial score (nSPS) is 16.2. The van der Waals surface area contributed by atoms with Crippen molar-refractivity contribution in [2.24, 2.45) is 4.40 Å². The molecule has 2 rings (SSSR count). The van der Waals surface area contributed by atoms with Gasteiger partial charge in [-0.3, -0.25) is 0 Å². The Labute approximate surface area is 113 Å². The predicted molar refractivity (Wildman–Crippen MR) is 74.0 cm³/mol. The lowest BCUT2D eigenvalue weighted by atomic mass is 10.2. The molecule has 0 aliphatic carbocycles. The van der Waals surface area contributed by atoms with Gasteiger partial charge in [-0.1, -0.05) is 12.1 Å². The van der Waals surface area contributed by atoms with E-state index < -0.39 is 10.0 Å². The fourth-order valence-electron chi connectivity index (χ4n) is 1.98. The van der Waals surface area contributed by atoms with Crippen LogP contribution >= 0.6 is 0 Å². The zero-order valence-corrected chi connectivity index (χ0v) is 11.6. The summed E-state index contributed by atoms with van der Waals surface area (Å²) in [6.45, 7) is 2.23. The van der Waals surface area contributed by atoms with E-state index in [0.29, 0.717) is 18.7 Å². The Morgan fingerprint density at radius 3 is 2.74 bits per heavy atom. The molecule has 1 aliphatic heterocycles. The maximum absolute atomic E-state index is 11.8. The molecule has 6 heteroatoms. The second-order valence-electron chi connectivity index (χ2n) is 4.52. The van der Waals surface area contributed by atoms with E-state index in [9.17, 15) is 13.2 Å². The monoisotopic (exact) mass is 280 g/mol. The van der Waals surface area contributed by atoms with Crippen molar-refractivity contribution in [3.63, 3.8) is 0 Å². The molecule has 0 amide bonds. The minimum absolute atomic E-state index is 0.176. The molecule has 1 aromatic rings. The van der Waals surface area contributed by atoms with Gasteiger partial charge < -0.3 is 9.69 Å². The molecule has 0 fully saturated rings. The van der Waals surface area contributed by atoms with E-state index in [1.807, 2.05) is 4.90 Å². The van der Waals surface area contributed by atoms with Crippen LogP contribution in [-0.2, 0) is 14.8 Å². The number of anilines is 1. The van der Waals surface area contributed by atoms with E-state index in [1.54, 1.807) is 31.2 Å². The Morgan fingerprint density at radius 2 is 2.00 bits per heavy atom. The molecule has 102 valence electrons. The second kappa shape index (κ2) is 5.52. The summed E-state index contributed by atoms with van der Waals surface area (Å²) >= 11 is 0. The number of carbonyl (C=O) groups excluding carboxylic acids is 1. The number of fused-ring (bicyclic) bond motifs is 1. The predicted octanol–water partition coefficient (Wildman–Crippen LogP) is 1.98. The molecule has 0 saturated carbocycles. The summed E-state index contributed by atoms with van der Waals surface area (Å²) in [6, 6.07) is 6.81. The molecule has 0 atom stereocenters. The number of ketones is 1. The fraction of sp³-hybridized carbons (Fsp3) is 0.385. The molecule has 0 saturated heterocycles. The van der Waals surface area contributed by atoms with Gasteiger partial charge in [0.15, 0.2) is 0 Å². The molecule has 0 N–H and O–H groups in total. The number of carbonyl (C=O) groups is 1. The fourth-order valence-corrected chi connectivity index (χ4v) is 3.04. The van der Waals surface area contributed by atoms with Crippen LogP contribution in [0, 0.1) is 0 Å². The summed E-state index contributed by atoms with van der Waals surface area (Å²) in [5.74, 6) is 0.176. The molecule has 1 aliphatic rings. The first kappa shape index (κ1) is 13.7. The SMILES string of the molecule is CC(=O)CCCCN1C=NS(=O)(=O)c2ccccc21. The van der Waals surface area contributed by atoms with Crippen LogP contribution in [0.1, 0.15) is 26.2 Å². The lowest BCUT2D eigenvalue weighted by molar-refractivity contribution is -0.117. The average Bonchev–Trinajstić information content (AvgIpc) is 2.37. The average molecular weight is 280 g/mol. The topological polar surface area (TPSA) is 66.8 Å². The maximum atomic E-state index is 11.8. The van der Waals surface area contributed by atoms with Gasteiger partial charge in [0.05, 0.1) is 5.69 Å². The summed E-state index contributed by atoms with van der Waals surface area (Å²) in [6.07, 6.45) is 3.53. The van der Waals surface area contributed by atoms with Crippen LogP contribution < -0.4 is 4.90 Å². The largest absolute Gasteiger partial charge is 0.331 e. The lowest BCUT2D eigenvalue weighted by Crippen LogP contribution is -2.28. The van der Waals surface area contributed by atoms with Crippen molar-refractivity contribution < 1.29 is 13.2 Å². The van der Waals surface area contributed by atoms with Crippen molar-refractivity contribution in [2.45, 2.75) is 31.1 Å². The highest BCUT2D eigenvalue weighted by atomic mass is 32.2. The van der Waals surface area contributed by atoms with Crippen molar-refractivity contribution in [3.05, 3.63) is 24.3 Å². The summed E-state index contributed by atoms with van der Waals surface area (Å²) in [5, 5.41) is 0. The molecular formula is C13H16N2O3S. The minimum Gasteiger partial charge on any atom is -0.331 e. The van der Waals surface area contributed by atoms with Gasteiger partial charge in [0, 0.05) is 13.0 Å². The van der Waals surface area contributed by atoms with Crippen LogP contribution in [0.2, 0.25) is 0 Å². The molecule has 1 heterocycles. The Balaban J connectivity index is 2.10. The smallest absolute Gasteiger partial charge is 0.285 e. The third-order valence-corrected chi connectivity index (χ3v) is 4.23. The van der Waals surface area contributed by atoms with Crippen LogP contribution in [0.4, 0.5) is 5.69 Å². The summed E-state index contributed by atoms with van der Waals surface area (Å²) in [7, 11) is -3.55. The standard InChI is InChI=1S/C13H16N2O3S/c1-11(16)6-4-5-9-15-10-14-19(17,18)13-8-3-2-7-12(13)15/h2-3,7-8,10H,4-6,9H2,1H3. The van der Waals surface area contributed by atoms with E-state index in [0.717, 1.165) is 12.8 Å². The number of sulfonamides is 1. The summed E-state index contributed by atoms with van der Waals surface area (Å²) in [5.41, 5.74) is 0.653. The number of rotatable bonds is 5. The molecular weight excluding hydrogens is 264 g/mol. The third kappa shape index (κ3) is 3.20. The van der Waals surface area contributed by atoms with Gasteiger partial charge in [0.25, 0.3) is 10.0 Å². The maximum Gasteiger partial charge on any atom is 0.285 e. The number of unbranched alkanes of at least 4 members (excludes halogenated alkanes) is 1. The van der Waals surface area contributed by atoms with Gasteiger partial charge in [0.1, 0.15) is 17.0 Å². The van der Waals surface area contributed by atoms with Crippen molar-refractivity contribution in [2.75, 3.05) is 11.4 Å². The number of para-hydroxylation sites is 1. The number of benzene rings is 1. The van der Waals surface area contributed by atoms with Gasteiger partial charge in [-0.05, 0) is 31.9 Å². The van der Waals surface area contributed by atoms with E-state index in [-0.39, 0.29) is 10.7 Å². The zero-order valence-electron chi connectivity index (χ0n) is 10.7. The Morgan fingerprint density at radius 1 is 1.26 bits per heavy atom. The van der Waals surface area contributed by atoms with Crippen molar-refractivity contribution in [1.29, 1.82) is 0 Å². The molecule has 1 aromatic carbocycles. The van der Waals surface area contributed by atoms with Gasteiger partial charge in [-0.15, -0.1) is 4.40 Å². The highest BCUT2D eigenvalue weighted by Gasteiger charge is 2.24. The van der Waals surface area contributed by atoms with Crippen LogP contribution in [0.25, 0.3) is 0 Å². The molecule has 0 bridgehead atoms. The number of Topliss-reactive ketones (excluding diaryl/α,β-unsaturated/α-hetero) is 1. The first-order chi connectivity index (χ1) is 9.00. The van der Waals surface area contributed by atoms with E-state index in [1.165, 1.54) is 6.34 Å². The molecule has 5 nitrogen and oxygen atoms in total. The molecule has 0 spiro atoms.